The largest absolute Gasteiger partial charge is 0.461 e. The summed E-state index contributed by atoms with van der Waals surface area (Å²) >= 11 is 0. The molecule has 0 aromatic heterocycles. The number of cyclic esters (lactones) is 1. The lowest BCUT2D eigenvalue weighted by atomic mass is 9.82. The first-order valence-corrected chi connectivity index (χ1v) is 10.9. The average Bonchev–Trinajstić information content (AvgIpc) is 2.96. The van der Waals surface area contributed by atoms with Crippen molar-refractivity contribution in [3.63, 3.8) is 0 Å². The van der Waals surface area contributed by atoms with Gasteiger partial charge in [-0.2, -0.15) is 0 Å². The molecule has 5 nitrogen and oxygen atoms in total. The van der Waals surface area contributed by atoms with E-state index in [-0.39, 0.29) is 25.6 Å². The molecule has 0 aliphatic carbocycles. The lowest BCUT2D eigenvalue weighted by Crippen LogP contribution is -2.39. The van der Waals surface area contributed by atoms with Crippen LogP contribution in [0.1, 0.15) is 86.0 Å². The number of carbonyl (C=O) groups is 2. The van der Waals surface area contributed by atoms with Crippen molar-refractivity contribution in [1.82, 2.24) is 0 Å². The van der Waals surface area contributed by atoms with Crippen molar-refractivity contribution in [2.24, 2.45) is 17.8 Å². The molecule has 0 saturated carbocycles. The molecule has 28 heavy (non-hydrogen) atoms. The minimum atomic E-state index is -1.13. The van der Waals surface area contributed by atoms with E-state index < -0.39 is 11.6 Å². The van der Waals surface area contributed by atoms with Gasteiger partial charge in [-0.1, -0.05) is 66.4 Å². The van der Waals surface area contributed by atoms with Crippen LogP contribution in [0.25, 0.3) is 0 Å². The third kappa shape index (κ3) is 7.94. The van der Waals surface area contributed by atoms with Gasteiger partial charge in [0.1, 0.15) is 6.61 Å². The molecule has 0 spiro atoms. The number of allylic oxidation sites excluding steroid dienone is 1. The third-order valence-electron chi connectivity index (χ3n) is 5.70. The molecule has 0 radical (unpaired) electrons. The van der Waals surface area contributed by atoms with Crippen LogP contribution in [-0.4, -0.2) is 35.9 Å². The maximum Gasteiger partial charge on any atom is 0.334 e. The number of rotatable bonds is 13. The number of hydrogen-bond acceptors (Lipinski definition) is 5. The van der Waals surface area contributed by atoms with E-state index in [0.29, 0.717) is 29.7 Å². The highest BCUT2D eigenvalue weighted by molar-refractivity contribution is 5.91. The van der Waals surface area contributed by atoms with Crippen LogP contribution in [0.5, 0.6) is 0 Å². The summed E-state index contributed by atoms with van der Waals surface area (Å²) in [5.74, 6) is 0.827. The number of unbranched alkanes of at least 4 members (excludes halogenated alkanes) is 4. The summed E-state index contributed by atoms with van der Waals surface area (Å²) < 4.78 is 10.8. The second-order valence-corrected chi connectivity index (χ2v) is 8.85. The Hall–Kier alpha value is -1.36. The van der Waals surface area contributed by atoms with E-state index in [9.17, 15) is 14.7 Å². The summed E-state index contributed by atoms with van der Waals surface area (Å²) in [6.45, 7) is 10.5. The van der Waals surface area contributed by atoms with Crippen molar-refractivity contribution in [3.05, 3.63) is 11.6 Å². The van der Waals surface area contributed by atoms with E-state index in [1.165, 1.54) is 12.8 Å². The lowest BCUT2D eigenvalue weighted by molar-refractivity contribution is -0.166. The molecule has 0 aromatic carbocycles. The number of aliphatic hydroxyl groups excluding tert-OH is 1. The summed E-state index contributed by atoms with van der Waals surface area (Å²) in [6.07, 6.45) is 8.70. The van der Waals surface area contributed by atoms with Gasteiger partial charge >= 0.3 is 11.9 Å². The number of esters is 2. The smallest absolute Gasteiger partial charge is 0.334 e. The molecule has 1 heterocycles. The van der Waals surface area contributed by atoms with Gasteiger partial charge in [0.25, 0.3) is 0 Å². The van der Waals surface area contributed by atoms with Gasteiger partial charge in [0.15, 0.2) is 5.60 Å². The Kier molecular flexibility index (Phi) is 10.8. The van der Waals surface area contributed by atoms with Crippen LogP contribution in [0.15, 0.2) is 11.6 Å². The van der Waals surface area contributed by atoms with Crippen LogP contribution in [0, 0.1) is 17.8 Å². The quantitative estimate of drug-likeness (QED) is 0.275. The first kappa shape index (κ1) is 24.7. The van der Waals surface area contributed by atoms with Gasteiger partial charge in [0, 0.05) is 18.4 Å². The van der Waals surface area contributed by atoms with Crippen LogP contribution < -0.4 is 0 Å². The van der Waals surface area contributed by atoms with E-state index in [1.54, 1.807) is 0 Å². The monoisotopic (exact) mass is 396 g/mol. The van der Waals surface area contributed by atoms with Crippen molar-refractivity contribution in [3.8, 4) is 0 Å². The molecular weight excluding hydrogens is 356 g/mol. The van der Waals surface area contributed by atoms with Crippen LogP contribution in [0.3, 0.4) is 0 Å². The van der Waals surface area contributed by atoms with Gasteiger partial charge in [-0.25, -0.2) is 4.79 Å². The van der Waals surface area contributed by atoms with Crippen LogP contribution in [0.2, 0.25) is 0 Å². The highest BCUT2D eigenvalue weighted by atomic mass is 16.6. The number of aliphatic hydroxyl groups is 1. The number of hydrogen-bond donors (Lipinski definition) is 1. The molecule has 162 valence electrons. The fourth-order valence-electron chi connectivity index (χ4n) is 3.84. The van der Waals surface area contributed by atoms with Crippen molar-refractivity contribution in [1.29, 1.82) is 0 Å². The van der Waals surface area contributed by atoms with E-state index in [1.807, 2.05) is 6.08 Å². The molecule has 1 aliphatic heterocycles. The van der Waals surface area contributed by atoms with Gasteiger partial charge in [-0.05, 0) is 30.6 Å². The fraction of sp³-hybridized carbons (Fsp3) is 0.826. The highest BCUT2D eigenvalue weighted by Crippen LogP contribution is 2.33. The summed E-state index contributed by atoms with van der Waals surface area (Å²) in [7, 11) is 0. The molecule has 1 atom stereocenters. The Labute approximate surface area is 170 Å². The summed E-state index contributed by atoms with van der Waals surface area (Å²) in [5, 5.41) is 9.80. The first-order valence-electron chi connectivity index (χ1n) is 10.9. The fourth-order valence-corrected chi connectivity index (χ4v) is 3.84. The Balaban J connectivity index is 2.56. The molecule has 0 aromatic rings. The standard InChI is InChI=1S/C23H40O5/c1-6-7-8-9-10-11-21(25)27-16-23(15-24)14-19(22(26)28-23)12-13-20(17(2)3)18(4)5/h12,17-18,20,24H,6-11,13-16H2,1-5H3/b19-12-/t23-/m1/s1. The summed E-state index contributed by atoms with van der Waals surface area (Å²) in [5.41, 5.74) is -0.553. The zero-order valence-electron chi connectivity index (χ0n) is 18.5. The molecule has 1 rings (SSSR count). The Morgan fingerprint density at radius 3 is 2.39 bits per heavy atom. The van der Waals surface area contributed by atoms with Gasteiger partial charge in [0.2, 0.25) is 0 Å². The average molecular weight is 397 g/mol. The molecule has 1 N–H and O–H groups in total. The molecular formula is C23H40O5. The van der Waals surface area contributed by atoms with Crippen LogP contribution >= 0.6 is 0 Å². The Bertz CT molecular complexity index is 515. The first-order chi connectivity index (χ1) is 13.2. The van der Waals surface area contributed by atoms with Gasteiger partial charge in [-0.3, -0.25) is 4.79 Å². The highest BCUT2D eigenvalue weighted by Gasteiger charge is 2.44. The maximum absolute atomic E-state index is 12.3. The summed E-state index contributed by atoms with van der Waals surface area (Å²) in [4.78, 5) is 24.2. The second-order valence-electron chi connectivity index (χ2n) is 8.85. The van der Waals surface area contributed by atoms with E-state index in [2.05, 4.69) is 34.6 Å². The molecule has 5 heteroatoms. The van der Waals surface area contributed by atoms with Gasteiger partial charge in [-0.15, -0.1) is 0 Å². The Morgan fingerprint density at radius 1 is 1.18 bits per heavy atom. The lowest BCUT2D eigenvalue weighted by Gasteiger charge is -2.24. The van der Waals surface area contributed by atoms with E-state index >= 15 is 0 Å². The van der Waals surface area contributed by atoms with Crippen molar-refractivity contribution in [2.45, 2.75) is 91.6 Å². The van der Waals surface area contributed by atoms with Crippen molar-refractivity contribution >= 4 is 11.9 Å². The predicted octanol–water partition coefficient (Wildman–Crippen LogP) is 4.81. The molecule has 1 aliphatic rings. The molecule has 0 unspecified atom stereocenters. The SMILES string of the molecule is CCCCCCCC(=O)OC[C@]1(CO)C/C(=C/CC(C(C)C)C(C)C)C(=O)O1. The molecule has 1 saturated heterocycles. The minimum absolute atomic E-state index is 0.0852. The minimum Gasteiger partial charge on any atom is -0.461 e. The zero-order valence-corrected chi connectivity index (χ0v) is 18.5. The van der Waals surface area contributed by atoms with Gasteiger partial charge < -0.3 is 14.6 Å². The van der Waals surface area contributed by atoms with Crippen LogP contribution in [0.4, 0.5) is 0 Å². The van der Waals surface area contributed by atoms with E-state index in [4.69, 9.17) is 9.47 Å². The zero-order chi connectivity index (χ0) is 21.2. The van der Waals surface area contributed by atoms with Crippen molar-refractivity contribution in [2.75, 3.05) is 13.2 Å². The normalized spacial score (nSPS) is 21.2. The predicted molar refractivity (Wildman–Crippen MR) is 111 cm³/mol. The van der Waals surface area contributed by atoms with Crippen molar-refractivity contribution < 1.29 is 24.2 Å². The van der Waals surface area contributed by atoms with Crippen LogP contribution in [-0.2, 0) is 19.1 Å². The Morgan fingerprint density at radius 2 is 1.82 bits per heavy atom. The summed E-state index contributed by atoms with van der Waals surface area (Å²) in [6, 6.07) is 0. The molecule has 0 bridgehead atoms. The third-order valence-corrected chi connectivity index (χ3v) is 5.70. The van der Waals surface area contributed by atoms with E-state index in [0.717, 1.165) is 25.7 Å². The molecule has 1 fully saturated rings. The topological polar surface area (TPSA) is 72.8 Å². The number of ether oxygens (including phenoxy) is 2. The van der Waals surface area contributed by atoms with Gasteiger partial charge in [0.05, 0.1) is 6.61 Å². The molecule has 0 amide bonds. The maximum atomic E-state index is 12.3. The second kappa shape index (κ2) is 12.3. The number of carbonyl (C=O) groups excluding carboxylic acids is 2.